The van der Waals surface area contributed by atoms with Crippen molar-refractivity contribution in [3.8, 4) is 0 Å². The molecule has 2 aromatic rings. The number of rotatable bonds is 6. The van der Waals surface area contributed by atoms with E-state index in [9.17, 15) is 20.2 Å². The predicted molar refractivity (Wildman–Crippen MR) is 82.9 cm³/mol. The summed E-state index contributed by atoms with van der Waals surface area (Å²) in [5.74, 6) is 0.260. The van der Waals surface area contributed by atoms with E-state index in [1.807, 2.05) is 0 Å². The van der Waals surface area contributed by atoms with E-state index in [0.717, 1.165) is 24.0 Å². The van der Waals surface area contributed by atoms with E-state index in [4.69, 9.17) is 0 Å². The van der Waals surface area contributed by atoms with Crippen molar-refractivity contribution >= 4 is 11.4 Å². The van der Waals surface area contributed by atoms with Crippen molar-refractivity contribution in [2.45, 2.75) is 25.7 Å². The zero-order valence-corrected chi connectivity index (χ0v) is 12.1. The standard InChI is InChI=1S/C16H16N2O4/c1-12(14-6-10-16(11-7-14)18(21)22)2-3-13-4-8-15(9-5-13)17(19)20/h4-12H,2-3H2,1H3. The minimum atomic E-state index is -0.413. The number of nitro groups is 2. The number of nitro benzene ring substituents is 2. The van der Waals surface area contributed by atoms with Crippen LogP contribution >= 0.6 is 0 Å². The van der Waals surface area contributed by atoms with Gasteiger partial charge in [-0.3, -0.25) is 20.2 Å². The van der Waals surface area contributed by atoms with Crippen LogP contribution in [0, 0.1) is 20.2 Å². The van der Waals surface area contributed by atoms with Crippen molar-refractivity contribution in [2.75, 3.05) is 0 Å². The van der Waals surface area contributed by atoms with Crippen LogP contribution in [0.15, 0.2) is 48.5 Å². The van der Waals surface area contributed by atoms with Gasteiger partial charge in [0, 0.05) is 24.3 Å². The third-order valence-corrected chi connectivity index (χ3v) is 3.69. The molecule has 1 atom stereocenters. The van der Waals surface area contributed by atoms with Crippen LogP contribution in [0.25, 0.3) is 0 Å². The molecule has 2 aromatic carbocycles. The van der Waals surface area contributed by atoms with Gasteiger partial charge in [-0.05, 0) is 29.9 Å². The average molecular weight is 300 g/mol. The first kappa shape index (κ1) is 15.6. The van der Waals surface area contributed by atoms with Crippen molar-refractivity contribution < 1.29 is 9.85 Å². The Morgan fingerprint density at radius 2 is 1.32 bits per heavy atom. The molecule has 0 saturated carbocycles. The number of hydrogen-bond acceptors (Lipinski definition) is 4. The average Bonchev–Trinajstić information content (AvgIpc) is 2.53. The summed E-state index contributed by atoms with van der Waals surface area (Å²) >= 11 is 0. The zero-order chi connectivity index (χ0) is 16.1. The normalized spacial score (nSPS) is 11.9. The van der Waals surface area contributed by atoms with E-state index in [0.29, 0.717) is 0 Å². The molecule has 6 nitrogen and oxygen atoms in total. The van der Waals surface area contributed by atoms with Gasteiger partial charge in [-0.1, -0.05) is 31.2 Å². The Bertz CT molecular complexity index is 666. The molecule has 0 radical (unpaired) electrons. The summed E-state index contributed by atoms with van der Waals surface area (Å²) < 4.78 is 0. The number of benzene rings is 2. The summed E-state index contributed by atoms with van der Waals surface area (Å²) in [6.07, 6.45) is 1.67. The zero-order valence-electron chi connectivity index (χ0n) is 12.1. The summed E-state index contributed by atoms with van der Waals surface area (Å²) in [6, 6.07) is 13.1. The van der Waals surface area contributed by atoms with E-state index >= 15 is 0 Å². The molecule has 22 heavy (non-hydrogen) atoms. The molecule has 0 aromatic heterocycles. The lowest BCUT2D eigenvalue weighted by atomic mass is 9.94. The second kappa shape index (κ2) is 6.80. The molecule has 0 spiro atoms. The quantitative estimate of drug-likeness (QED) is 0.589. The fraction of sp³-hybridized carbons (Fsp3) is 0.250. The van der Waals surface area contributed by atoms with Gasteiger partial charge >= 0.3 is 0 Å². The molecule has 0 amide bonds. The minimum Gasteiger partial charge on any atom is -0.258 e. The summed E-state index contributed by atoms with van der Waals surface area (Å²) in [5, 5.41) is 21.2. The monoisotopic (exact) mass is 300 g/mol. The van der Waals surface area contributed by atoms with Gasteiger partial charge in [0.05, 0.1) is 9.85 Å². The van der Waals surface area contributed by atoms with Crippen LogP contribution in [0.1, 0.15) is 30.4 Å². The van der Waals surface area contributed by atoms with Gasteiger partial charge in [-0.15, -0.1) is 0 Å². The van der Waals surface area contributed by atoms with Gasteiger partial charge in [0.1, 0.15) is 0 Å². The number of nitrogens with zero attached hydrogens (tertiary/aromatic N) is 2. The highest BCUT2D eigenvalue weighted by Gasteiger charge is 2.10. The maximum Gasteiger partial charge on any atom is 0.269 e. The molecule has 0 fully saturated rings. The number of hydrogen-bond donors (Lipinski definition) is 0. The van der Waals surface area contributed by atoms with Gasteiger partial charge in [-0.25, -0.2) is 0 Å². The molecule has 0 heterocycles. The van der Waals surface area contributed by atoms with Crippen molar-refractivity contribution in [3.05, 3.63) is 79.9 Å². The van der Waals surface area contributed by atoms with E-state index in [1.54, 1.807) is 24.3 Å². The summed E-state index contributed by atoms with van der Waals surface area (Å²) in [7, 11) is 0. The Hall–Kier alpha value is -2.76. The molecule has 0 bridgehead atoms. The maximum atomic E-state index is 10.6. The first-order chi connectivity index (χ1) is 10.5. The number of non-ortho nitro benzene ring substituents is 2. The molecular formula is C16H16N2O4. The van der Waals surface area contributed by atoms with E-state index in [1.165, 1.54) is 24.3 Å². The summed E-state index contributed by atoms with van der Waals surface area (Å²) in [5.41, 5.74) is 2.27. The Balaban J connectivity index is 1.95. The Morgan fingerprint density at radius 1 is 0.864 bits per heavy atom. The summed E-state index contributed by atoms with van der Waals surface area (Å²) in [6.45, 7) is 2.06. The summed E-state index contributed by atoms with van der Waals surface area (Å²) in [4.78, 5) is 20.4. The van der Waals surface area contributed by atoms with Crippen molar-refractivity contribution in [1.82, 2.24) is 0 Å². The molecule has 0 aliphatic carbocycles. The van der Waals surface area contributed by atoms with Gasteiger partial charge in [0.25, 0.3) is 11.4 Å². The van der Waals surface area contributed by atoms with Crippen LogP contribution in [-0.4, -0.2) is 9.85 Å². The second-order valence-electron chi connectivity index (χ2n) is 5.21. The van der Waals surface area contributed by atoms with Gasteiger partial charge in [-0.2, -0.15) is 0 Å². The molecule has 1 unspecified atom stereocenters. The highest BCUT2D eigenvalue weighted by Crippen LogP contribution is 2.24. The molecule has 2 rings (SSSR count). The number of aryl methyl sites for hydroxylation is 1. The Labute approximate surface area is 127 Å². The van der Waals surface area contributed by atoms with Crippen LogP contribution < -0.4 is 0 Å². The van der Waals surface area contributed by atoms with Crippen molar-refractivity contribution in [1.29, 1.82) is 0 Å². The first-order valence-electron chi connectivity index (χ1n) is 6.95. The van der Waals surface area contributed by atoms with Crippen molar-refractivity contribution in [2.24, 2.45) is 0 Å². The maximum absolute atomic E-state index is 10.6. The Morgan fingerprint density at radius 3 is 1.77 bits per heavy atom. The molecule has 0 aliphatic heterocycles. The van der Waals surface area contributed by atoms with Crippen LogP contribution in [0.2, 0.25) is 0 Å². The molecule has 114 valence electrons. The SMILES string of the molecule is CC(CCc1ccc([N+](=O)[O-])cc1)c1ccc([N+](=O)[O-])cc1. The van der Waals surface area contributed by atoms with Gasteiger partial charge in [0.2, 0.25) is 0 Å². The lowest BCUT2D eigenvalue weighted by Gasteiger charge is -2.11. The van der Waals surface area contributed by atoms with Crippen molar-refractivity contribution in [3.63, 3.8) is 0 Å². The molecular weight excluding hydrogens is 284 g/mol. The van der Waals surface area contributed by atoms with Crippen LogP contribution in [0.5, 0.6) is 0 Å². The fourth-order valence-corrected chi connectivity index (χ4v) is 2.26. The lowest BCUT2D eigenvalue weighted by molar-refractivity contribution is -0.385. The highest BCUT2D eigenvalue weighted by atomic mass is 16.6. The molecule has 0 N–H and O–H groups in total. The highest BCUT2D eigenvalue weighted by molar-refractivity contribution is 5.35. The van der Waals surface area contributed by atoms with Crippen LogP contribution in [0.3, 0.4) is 0 Å². The van der Waals surface area contributed by atoms with Gasteiger partial charge < -0.3 is 0 Å². The first-order valence-corrected chi connectivity index (χ1v) is 6.95. The third-order valence-electron chi connectivity index (χ3n) is 3.69. The van der Waals surface area contributed by atoms with Crippen LogP contribution in [-0.2, 0) is 6.42 Å². The molecule has 6 heteroatoms. The van der Waals surface area contributed by atoms with E-state index in [2.05, 4.69) is 6.92 Å². The Kier molecular flexibility index (Phi) is 4.83. The van der Waals surface area contributed by atoms with Gasteiger partial charge in [0.15, 0.2) is 0 Å². The lowest BCUT2D eigenvalue weighted by Crippen LogP contribution is -1.97. The molecule has 0 saturated heterocycles. The van der Waals surface area contributed by atoms with E-state index in [-0.39, 0.29) is 17.3 Å². The fourth-order valence-electron chi connectivity index (χ4n) is 2.26. The third kappa shape index (κ3) is 3.88. The second-order valence-corrected chi connectivity index (χ2v) is 5.21. The van der Waals surface area contributed by atoms with E-state index < -0.39 is 9.85 Å². The minimum absolute atomic E-state index is 0.0892. The van der Waals surface area contributed by atoms with Crippen LogP contribution in [0.4, 0.5) is 11.4 Å². The largest absolute Gasteiger partial charge is 0.269 e. The topological polar surface area (TPSA) is 86.3 Å². The molecule has 0 aliphatic rings. The smallest absolute Gasteiger partial charge is 0.258 e. The predicted octanol–water partition coefficient (Wildman–Crippen LogP) is 4.24.